The largest absolute Gasteiger partial charge is 0.374 e. The van der Waals surface area contributed by atoms with Gasteiger partial charge in [-0.25, -0.2) is 21.9 Å². The molecule has 0 heterocycles. The van der Waals surface area contributed by atoms with E-state index in [1.54, 1.807) is 12.1 Å². The summed E-state index contributed by atoms with van der Waals surface area (Å²) < 4.78 is 54.1. The predicted octanol–water partition coefficient (Wildman–Crippen LogP) is 1.11. The summed E-state index contributed by atoms with van der Waals surface area (Å²) in [6.45, 7) is -0.0705. The Balaban J connectivity index is 2.37. The molecule has 0 saturated heterocycles. The van der Waals surface area contributed by atoms with Crippen molar-refractivity contribution in [1.29, 1.82) is 0 Å². The highest BCUT2D eigenvalue weighted by Crippen LogP contribution is 2.07. The van der Waals surface area contributed by atoms with Gasteiger partial charge in [-0.2, -0.15) is 0 Å². The Morgan fingerprint density at radius 1 is 1.19 bits per heavy atom. The third-order valence-electron chi connectivity index (χ3n) is 2.57. The van der Waals surface area contributed by atoms with Gasteiger partial charge in [-0.3, -0.25) is 0 Å². The summed E-state index contributed by atoms with van der Waals surface area (Å²) in [5.41, 5.74) is 1.72. The van der Waals surface area contributed by atoms with Crippen molar-refractivity contribution in [2.75, 3.05) is 26.8 Å². The Morgan fingerprint density at radius 3 is 2.38 bits per heavy atom. The molecule has 0 saturated carbocycles. The number of hydrogen-bond acceptors (Lipinski definition) is 4. The van der Waals surface area contributed by atoms with Crippen LogP contribution in [-0.2, 0) is 27.1 Å². The maximum Gasteiger partial charge on any atom is 0.261 e. The Hall–Kier alpha value is -1.09. The molecular weight excluding hydrogens is 302 g/mol. The topological polar surface area (TPSA) is 67.4 Å². The molecule has 0 aliphatic rings. The molecule has 120 valence electrons. The number of hydrogen-bond donors (Lipinski definition) is 2. The minimum absolute atomic E-state index is 0.0209. The zero-order valence-corrected chi connectivity index (χ0v) is 12.6. The van der Waals surface area contributed by atoms with Gasteiger partial charge in [0, 0.05) is 13.1 Å². The highest BCUT2D eigenvalue weighted by molar-refractivity contribution is 7.88. The lowest BCUT2D eigenvalue weighted by Crippen LogP contribution is -2.29. The van der Waals surface area contributed by atoms with Crippen molar-refractivity contribution >= 4 is 10.0 Å². The van der Waals surface area contributed by atoms with Crippen LogP contribution in [0.4, 0.5) is 8.78 Å². The highest BCUT2D eigenvalue weighted by Gasteiger charge is 2.11. The molecule has 2 N–H and O–H groups in total. The minimum atomic E-state index is -3.49. The lowest BCUT2D eigenvalue weighted by atomic mass is 10.1. The number of alkyl halides is 2. The molecule has 0 bridgehead atoms. The lowest BCUT2D eigenvalue weighted by Gasteiger charge is -2.08. The zero-order chi connectivity index (χ0) is 15.7. The van der Waals surface area contributed by atoms with Gasteiger partial charge in [-0.15, -0.1) is 0 Å². The van der Waals surface area contributed by atoms with Crippen molar-refractivity contribution in [2.45, 2.75) is 18.7 Å². The lowest BCUT2D eigenvalue weighted by molar-refractivity contribution is 0.0199. The van der Waals surface area contributed by atoms with Crippen LogP contribution in [-0.4, -0.2) is 41.6 Å². The van der Waals surface area contributed by atoms with Crippen molar-refractivity contribution in [3.63, 3.8) is 0 Å². The number of nitrogens with one attached hydrogen (secondary N) is 2. The summed E-state index contributed by atoms with van der Waals surface area (Å²) in [6.07, 6.45) is -2.54. The number of ether oxygens (including phenoxy) is 1. The van der Waals surface area contributed by atoms with Gasteiger partial charge in [-0.1, -0.05) is 24.3 Å². The fourth-order valence-electron chi connectivity index (χ4n) is 1.67. The zero-order valence-electron chi connectivity index (χ0n) is 11.8. The van der Waals surface area contributed by atoms with Gasteiger partial charge in [0.15, 0.2) is 0 Å². The van der Waals surface area contributed by atoms with Crippen molar-refractivity contribution in [3.8, 4) is 0 Å². The van der Waals surface area contributed by atoms with E-state index in [1.807, 2.05) is 19.2 Å². The predicted molar refractivity (Wildman–Crippen MR) is 76.7 cm³/mol. The van der Waals surface area contributed by atoms with E-state index < -0.39 is 23.1 Å². The number of rotatable bonds is 10. The molecule has 5 nitrogen and oxygen atoms in total. The maximum atomic E-state index is 11.8. The minimum Gasteiger partial charge on any atom is -0.374 e. The SMILES string of the molecule is CNCc1ccc(CS(=O)(=O)NCCOCC(F)F)cc1. The van der Waals surface area contributed by atoms with Crippen LogP contribution in [0.1, 0.15) is 11.1 Å². The van der Waals surface area contributed by atoms with E-state index in [4.69, 9.17) is 0 Å². The van der Waals surface area contributed by atoms with Crippen LogP contribution in [0.3, 0.4) is 0 Å². The molecule has 0 unspecified atom stereocenters. The fraction of sp³-hybridized carbons (Fsp3) is 0.538. The summed E-state index contributed by atoms with van der Waals surface area (Å²) in [5, 5.41) is 3.00. The van der Waals surface area contributed by atoms with Crippen LogP contribution in [0.15, 0.2) is 24.3 Å². The summed E-state index contributed by atoms with van der Waals surface area (Å²) in [6, 6.07) is 7.21. The molecule has 0 aliphatic carbocycles. The molecular formula is C13H20F2N2O3S. The van der Waals surface area contributed by atoms with E-state index in [0.29, 0.717) is 12.1 Å². The molecule has 0 aromatic heterocycles. The maximum absolute atomic E-state index is 11.8. The van der Waals surface area contributed by atoms with Crippen LogP contribution >= 0.6 is 0 Å². The summed E-state index contributed by atoms with van der Waals surface area (Å²) >= 11 is 0. The molecule has 21 heavy (non-hydrogen) atoms. The van der Waals surface area contributed by atoms with Crippen molar-refractivity contribution in [3.05, 3.63) is 35.4 Å². The molecule has 8 heteroatoms. The first-order valence-electron chi connectivity index (χ1n) is 6.48. The molecule has 0 aliphatic heterocycles. The normalized spacial score (nSPS) is 12.0. The average Bonchev–Trinajstić information content (AvgIpc) is 2.40. The summed E-state index contributed by atoms with van der Waals surface area (Å²) in [4.78, 5) is 0. The third-order valence-corrected chi connectivity index (χ3v) is 3.93. The van der Waals surface area contributed by atoms with Gasteiger partial charge in [-0.05, 0) is 18.2 Å². The van der Waals surface area contributed by atoms with Crippen LogP contribution in [0.2, 0.25) is 0 Å². The van der Waals surface area contributed by atoms with Crippen molar-refractivity contribution in [2.24, 2.45) is 0 Å². The number of halogens is 2. The Morgan fingerprint density at radius 2 is 1.81 bits per heavy atom. The van der Waals surface area contributed by atoms with Gasteiger partial charge in [0.25, 0.3) is 6.43 Å². The molecule has 0 amide bonds. The van der Waals surface area contributed by atoms with E-state index in [-0.39, 0.29) is 18.9 Å². The Kier molecular flexibility index (Phi) is 7.73. The monoisotopic (exact) mass is 322 g/mol. The van der Waals surface area contributed by atoms with Crippen LogP contribution in [0.25, 0.3) is 0 Å². The second-order valence-corrected chi connectivity index (χ2v) is 6.27. The van der Waals surface area contributed by atoms with Gasteiger partial charge < -0.3 is 10.1 Å². The van der Waals surface area contributed by atoms with Crippen molar-refractivity contribution < 1.29 is 21.9 Å². The Labute approximate surface area is 123 Å². The average molecular weight is 322 g/mol. The van der Waals surface area contributed by atoms with Crippen molar-refractivity contribution in [1.82, 2.24) is 10.0 Å². The molecule has 0 fully saturated rings. The number of sulfonamides is 1. The number of benzene rings is 1. The van der Waals surface area contributed by atoms with Crippen LogP contribution < -0.4 is 10.0 Å². The molecule has 0 radical (unpaired) electrons. The van der Waals surface area contributed by atoms with Gasteiger partial charge in [0.05, 0.1) is 12.4 Å². The standard InChI is InChI=1S/C13H20F2N2O3S/c1-16-8-11-2-4-12(5-3-11)10-21(18,19)17-6-7-20-9-13(14)15/h2-5,13,16-17H,6-10H2,1H3. The molecule has 0 spiro atoms. The van der Waals surface area contributed by atoms with Gasteiger partial charge in [0.2, 0.25) is 10.0 Å². The van der Waals surface area contributed by atoms with Crippen LogP contribution in [0, 0.1) is 0 Å². The van der Waals surface area contributed by atoms with E-state index in [1.165, 1.54) is 0 Å². The summed E-state index contributed by atoms with van der Waals surface area (Å²) in [5.74, 6) is -0.151. The fourth-order valence-corrected chi connectivity index (χ4v) is 2.80. The van der Waals surface area contributed by atoms with Gasteiger partial charge >= 0.3 is 0 Å². The molecule has 1 aromatic carbocycles. The second kappa shape index (κ2) is 9.04. The first-order chi connectivity index (χ1) is 9.93. The van der Waals surface area contributed by atoms with E-state index in [0.717, 1.165) is 5.56 Å². The molecule has 1 aromatic rings. The Bertz CT molecular complexity index is 507. The second-order valence-electron chi connectivity index (χ2n) is 4.47. The molecule has 0 atom stereocenters. The third kappa shape index (κ3) is 8.05. The van der Waals surface area contributed by atoms with E-state index in [9.17, 15) is 17.2 Å². The quantitative estimate of drug-likeness (QED) is 0.633. The highest BCUT2D eigenvalue weighted by atomic mass is 32.2. The van der Waals surface area contributed by atoms with E-state index in [2.05, 4.69) is 14.8 Å². The smallest absolute Gasteiger partial charge is 0.261 e. The van der Waals surface area contributed by atoms with E-state index >= 15 is 0 Å². The van der Waals surface area contributed by atoms with Gasteiger partial charge in [0.1, 0.15) is 6.61 Å². The first-order valence-corrected chi connectivity index (χ1v) is 8.14. The van der Waals surface area contributed by atoms with Crippen LogP contribution in [0.5, 0.6) is 0 Å². The first kappa shape index (κ1) is 18.0. The summed E-state index contributed by atoms with van der Waals surface area (Å²) in [7, 11) is -1.66. The molecule has 1 rings (SSSR count).